The van der Waals surface area contributed by atoms with E-state index >= 15 is 0 Å². The molecule has 6 nitrogen and oxygen atoms in total. The molecule has 7 heteroatoms. The third-order valence-electron chi connectivity index (χ3n) is 3.33. The van der Waals surface area contributed by atoms with E-state index in [1.165, 1.54) is 0 Å². The predicted octanol–water partition coefficient (Wildman–Crippen LogP) is 1.86. The zero-order chi connectivity index (χ0) is 14.1. The fraction of sp³-hybridized carbons (Fsp3) is 0.308. The molecule has 1 N–H and O–H groups in total. The van der Waals surface area contributed by atoms with Crippen molar-refractivity contribution in [1.82, 2.24) is 15.0 Å². The maximum Gasteiger partial charge on any atom is 0.309 e. The van der Waals surface area contributed by atoms with E-state index < -0.39 is 5.97 Å². The van der Waals surface area contributed by atoms with Crippen LogP contribution in [0.15, 0.2) is 28.8 Å². The fourth-order valence-corrected chi connectivity index (χ4v) is 2.52. The van der Waals surface area contributed by atoms with Gasteiger partial charge in [-0.3, -0.25) is 9.69 Å². The van der Waals surface area contributed by atoms with Crippen LogP contribution < -0.4 is 0 Å². The lowest BCUT2D eigenvalue weighted by molar-refractivity contribution is -0.147. The number of halogens is 1. The first-order valence-corrected chi connectivity index (χ1v) is 7.23. The molecule has 2 aromatic rings. The lowest BCUT2D eigenvalue weighted by Crippen LogP contribution is -2.49. The van der Waals surface area contributed by atoms with Crippen LogP contribution in [-0.2, 0) is 11.3 Å². The van der Waals surface area contributed by atoms with E-state index in [9.17, 15) is 4.79 Å². The van der Waals surface area contributed by atoms with Gasteiger partial charge in [0.25, 0.3) is 3.90 Å². The van der Waals surface area contributed by atoms with Crippen molar-refractivity contribution >= 4 is 28.6 Å². The molecule has 3 rings (SSSR count). The molecular formula is C13H12IN3O3. The number of aliphatic carboxylic acids is 1. The van der Waals surface area contributed by atoms with E-state index in [1.54, 1.807) is 0 Å². The summed E-state index contributed by atoms with van der Waals surface area (Å²) in [5.74, 6) is -0.338. The van der Waals surface area contributed by atoms with Crippen molar-refractivity contribution in [2.75, 3.05) is 13.1 Å². The highest BCUT2D eigenvalue weighted by atomic mass is 127. The predicted molar refractivity (Wildman–Crippen MR) is 78.9 cm³/mol. The van der Waals surface area contributed by atoms with Crippen LogP contribution in [0.25, 0.3) is 11.4 Å². The summed E-state index contributed by atoms with van der Waals surface area (Å²) in [5.41, 5.74) is 2.06. The molecule has 1 aromatic heterocycles. The molecule has 0 unspecified atom stereocenters. The van der Waals surface area contributed by atoms with Crippen molar-refractivity contribution in [3.05, 3.63) is 33.7 Å². The van der Waals surface area contributed by atoms with Crippen molar-refractivity contribution in [2.24, 2.45) is 5.92 Å². The minimum absolute atomic E-state index is 0.212. The molecule has 1 saturated heterocycles. The third-order valence-corrected chi connectivity index (χ3v) is 3.76. The van der Waals surface area contributed by atoms with Crippen molar-refractivity contribution in [1.29, 1.82) is 0 Å². The van der Waals surface area contributed by atoms with E-state index in [2.05, 4.69) is 15.0 Å². The zero-order valence-electron chi connectivity index (χ0n) is 10.5. The highest BCUT2D eigenvalue weighted by molar-refractivity contribution is 14.1. The Morgan fingerprint density at radius 3 is 2.65 bits per heavy atom. The normalized spacial score (nSPS) is 16.1. The number of carboxylic acids is 1. The van der Waals surface area contributed by atoms with Crippen LogP contribution in [0.1, 0.15) is 5.56 Å². The van der Waals surface area contributed by atoms with Crippen LogP contribution in [-0.4, -0.2) is 39.2 Å². The summed E-state index contributed by atoms with van der Waals surface area (Å²) in [7, 11) is 0. The number of hydrogen-bond donors (Lipinski definition) is 1. The maximum atomic E-state index is 10.7. The number of carbonyl (C=O) groups is 1. The van der Waals surface area contributed by atoms with Crippen molar-refractivity contribution in [3.8, 4) is 11.4 Å². The molecule has 0 amide bonds. The molecule has 0 atom stereocenters. The summed E-state index contributed by atoms with van der Waals surface area (Å²) in [6, 6.07) is 7.91. The molecule has 104 valence electrons. The quantitative estimate of drug-likeness (QED) is 0.810. The second-order valence-corrected chi connectivity index (χ2v) is 5.72. The second-order valence-electron chi connectivity index (χ2n) is 4.80. The number of nitrogens with zero attached hydrogens (tertiary/aromatic N) is 3. The van der Waals surface area contributed by atoms with Gasteiger partial charge in [-0.25, -0.2) is 0 Å². The summed E-state index contributed by atoms with van der Waals surface area (Å²) in [5, 5.41) is 12.7. The van der Waals surface area contributed by atoms with Gasteiger partial charge in [0.2, 0.25) is 5.82 Å². The lowest BCUT2D eigenvalue weighted by atomic mass is 9.99. The Morgan fingerprint density at radius 2 is 2.10 bits per heavy atom. The molecule has 1 aliphatic heterocycles. The fourth-order valence-electron chi connectivity index (χ4n) is 2.19. The Balaban J connectivity index is 1.61. The summed E-state index contributed by atoms with van der Waals surface area (Å²) < 4.78 is 5.45. The second kappa shape index (κ2) is 5.49. The standard InChI is InChI=1S/C13H12IN3O3/c14-13-15-11(16-20-13)9-3-1-8(2-4-9)5-17-6-10(7-17)12(18)19/h1-4,10H,5-7H2,(H,18,19). The first-order chi connectivity index (χ1) is 9.61. The Morgan fingerprint density at radius 1 is 1.40 bits per heavy atom. The minimum Gasteiger partial charge on any atom is -0.481 e. The largest absolute Gasteiger partial charge is 0.481 e. The van der Waals surface area contributed by atoms with Crippen LogP contribution in [0.3, 0.4) is 0 Å². The summed E-state index contributed by atoms with van der Waals surface area (Å²) >= 11 is 1.97. The van der Waals surface area contributed by atoms with E-state index in [0.717, 1.165) is 17.7 Å². The molecule has 1 aromatic carbocycles. The maximum absolute atomic E-state index is 10.7. The van der Waals surface area contributed by atoms with Crippen molar-refractivity contribution in [2.45, 2.75) is 6.54 Å². The van der Waals surface area contributed by atoms with Gasteiger partial charge in [0, 0.05) is 47.8 Å². The van der Waals surface area contributed by atoms with Gasteiger partial charge >= 0.3 is 5.97 Å². The average molecular weight is 385 g/mol. The summed E-state index contributed by atoms with van der Waals surface area (Å²) in [4.78, 5) is 17.0. The molecule has 1 fully saturated rings. The zero-order valence-corrected chi connectivity index (χ0v) is 12.6. The van der Waals surface area contributed by atoms with Gasteiger partial charge in [0.15, 0.2) is 0 Å². The number of rotatable bonds is 4. The van der Waals surface area contributed by atoms with Gasteiger partial charge in [-0.15, -0.1) is 0 Å². The SMILES string of the molecule is O=C(O)C1CN(Cc2ccc(-c3noc(I)n3)cc2)C1. The smallest absolute Gasteiger partial charge is 0.309 e. The Labute approximate surface area is 128 Å². The molecule has 2 heterocycles. The van der Waals surface area contributed by atoms with Gasteiger partial charge in [-0.05, 0) is 5.56 Å². The summed E-state index contributed by atoms with van der Waals surface area (Å²) in [6.07, 6.45) is 0. The van der Waals surface area contributed by atoms with Crippen LogP contribution in [0, 0.1) is 9.82 Å². The minimum atomic E-state index is -0.705. The van der Waals surface area contributed by atoms with Crippen molar-refractivity contribution < 1.29 is 14.4 Å². The molecule has 0 saturated carbocycles. The molecule has 0 radical (unpaired) electrons. The van der Waals surface area contributed by atoms with Crippen LogP contribution >= 0.6 is 22.6 Å². The van der Waals surface area contributed by atoms with Gasteiger partial charge < -0.3 is 9.63 Å². The van der Waals surface area contributed by atoms with E-state index in [4.69, 9.17) is 9.63 Å². The average Bonchev–Trinajstić information content (AvgIpc) is 2.80. The highest BCUT2D eigenvalue weighted by Gasteiger charge is 2.32. The first kappa shape index (κ1) is 13.5. The number of aromatic nitrogens is 2. The van der Waals surface area contributed by atoms with Crippen LogP contribution in [0.4, 0.5) is 0 Å². The first-order valence-electron chi connectivity index (χ1n) is 6.15. The van der Waals surface area contributed by atoms with Crippen LogP contribution in [0.5, 0.6) is 0 Å². The van der Waals surface area contributed by atoms with E-state index in [0.29, 0.717) is 22.8 Å². The van der Waals surface area contributed by atoms with Crippen molar-refractivity contribution in [3.63, 3.8) is 0 Å². The molecule has 0 bridgehead atoms. The van der Waals surface area contributed by atoms with Crippen LogP contribution in [0.2, 0.25) is 0 Å². The van der Waals surface area contributed by atoms with E-state index in [1.807, 2.05) is 46.9 Å². The third kappa shape index (κ3) is 2.83. The van der Waals surface area contributed by atoms with Gasteiger partial charge in [0.05, 0.1) is 5.92 Å². The van der Waals surface area contributed by atoms with E-state index in [-0.39, 0.29) is 5.92 Å². The van der Waals surface area contributed by atoms with Gasteiger partial charge in [-0.2, -0.15) is 4.98 Å². The topological polar surface area (TPSA) is 79.5 Å². The number of carboxylic acid groups (broad SMARTS) is 1. The molecule has 20 heavy (non-hydrogen) atoms. The lowest BCUT2D eigenvalue weighted by Gasteiger charge is -2.36. The molecule has 0 aliphatic carbocycles. The van der Waals surface area contributed by atoms with Gasteiger partial charge in [0.1, 0.15) is 0 Å². The monoisotopic (exact) mass is 385 g/mol. The molecule has 0 spiro atoms. The number of likely N-dealkylation sites (tertiary alicyclic amines) is 1. The Bertz CT molecular complexity index is 620. The molecular weight excluding hydrogens is 373 g/mol. The summed E-state index contributed by atoms with van der Waals surface area (Å²) in [6.45, 7) is 2.02. The Hall–Kier alpha value is -1.48. The number of hydrogen-bond acceptors (Lipinski definition) is 5. The molecule has 1 aliphatic rings. The van der Waals surface area contributed by atoms with Gasteiger partial charge in [-0.1, -0.05) is 29.4 Å². The highest BCUT2D eigenvalue weighted by Crippen LogP contribution is 2.21. The number of benzene rings is 1. The Kier molecular flexibility index (Phi) is 3.70.